The quantitative estimate of drug-likeness (QED) is 0.00922. The Morgan fingerprint density at radius 2 is 0.627 bits per heavy atom. The maximum atomic E-state index is 15.0. The Morgan fingerprint density at radius 1 is 0.357 bits per heavy atom. The van der Waals surface area contributed by atoms with Crippen LogP contribution in [-0.2, 0) is 71.1 Å². The van der Waals surface area contributed by atoms with Gasteiger partial charge in [-0.05, 0) is 57.8 Å². The fourth-order valence-electron chi connectivity index (χ4n) is 17.2. The van der Waals surface area contributed by atoms with Crippen molar-refractivity contribution in [2.75, 3.05) is 13.2 Å². The topological polar surface area (TPSA) is 347 Å². The Bertz CT molecular complexity index is 2600. The molecule has 0 aromatic carbocycles. The molecular formula is C102H193N2O21P. The number of amides is 2. The first-order valence-electron chi connectivity index (χ1n) is 52.7. The minimum atomic E-state index is -5.61. The second-order valence-electron chi connectivity index (χ2n) is 37.2. The Morgan fingerprint density at radius 3 is 0.905 bits per heavy atom. The summed E-state index contributed by atoms with van der Waals surface area (Å²) in [4.78, 5) is 119. The van der Waals surface area contributed by atoms with Crippen LogP contribution in [-0.4, -0.2) is 159 Å². The van der Waals surface area contributed by atoms with E-state index in [0.29, 0.717) is 51.4 Å². The maximum Gasteiger partial charge on any atom is 0.470 e. The summed E-state index contributed by atoms with van der Waals surface area (Å²) in [7, 11) is -5.61. The third-order valence-electron chi connectivity index (χ3n) is 25.2. The summed E-state index contributed by atoms with van der Waals surface area (Å²) in [5.74, 6) is -4.07. The van der Waals surface area contributed by atoms with Gasteiger partial charge in [-0.25, -0.2) is 4.57 Å². The third kappa shape index (κ3) is 70.1. The number of unbranched alkanes of at least 4 members (excludes halogenated alkanes) is 60. The van der Waals surface area contributed by atoms with E-state index in [1.54, 1.807) is 0 Å². The zero-order valence-electron chi connectivity index (χ0n) is 81.2. The molecule has 0 unspecified atom stereocenters. The van der Waals surface area contributed by atoms with Gasteiger partial charge in [0.15, 0.2) is 12.4 Å². The smallest absolute Gasteiger partial charge is 0.462 e. The molecule has 2 amide bonds. The molecule has 1 rings (SSSR count). The molecule has 742 valence electrons. The van der Waals surface area contributed by atoms with Gasteiger partial charge in [-0.2, -0.15) is 0 Å². The molecule has 0 aromatic heterocycles. The molecule has 1 fully saturated rings. The van der Waals surface area contributed by atoms with Gasteiger partial charge >= 0.3 is 31.7 Å². The van der Waals surface area contributed by atoms with E-state index in [1.165, 1.54) is 193 Å². The van der Waals surface area contributed by atoms with Crippen molar-refractivity contribution < 1.29 is 101 Å². The SMILES string of the molecule is CCCCCCCCCCCCCCCCCC(=O)O[C@H](CCCCCCCCCCC)CC(=O)N[C@H]1[C@H](OC[C@@H](O)[C@@H](O)[C@H](O)[C@H](C=O)NC(=O)C[C@@H](CCCCCCCCCCC)OC(=O)CCCCCCCCCCCCCCC)O[C@H](CO)[C@@H](OP(=O)(O)O)[C@@H]1OC(=O)C[C@@H](CCCCCCCCCCC)OC(=O)CCCCCCCCCCCCC. The monoisotopic (exact) mass is 1810 g/mol. The van der Waals surface area contributed by atoms with Crippen molar-refractivity contribution in [3.05, 3.63) is 0 Å². The predicted molar refractivity (Wildman–Crippen MR) is 506 cm³/mol. The molecule has 24 heteroatoms. The number of esters is 4. The number of rotatable bonds is 94. The average molecular weight is 1810 g/mol. The highest BCUT2D eigenvalue weighted by molar-refractivity contribution is 7.46. The van der Waals surface area contributed by atoms with E-state index in [-0.39, 0.29) is 38.4 Å². The molecule has 1 aliphatic heterocycles. The second-order valence-corrected chi connectivity index (χ2v) is 38.4. The number of hydrogen-bond acceptors (Lipinski definition) is 19. The van der Waals surface area contributed by atoms with Crippen LogP contribution < -0.4 is 10.6 Å². The highest BCUT2D eigenvalue weighted by atomic mass is 31.2. The van der Waals surface area contributed by atoms with Gasteiger partial charge in [0.1, 0.15) is 67.2 Å². The fraction of sp³-hybridized carbons (Fsp3) is 0.931. The molecule has 1 heterocycles. The van der Waals surface area contributed by atoms with E-state index in [9.17, 15) is 63.5 Å². The van der Waals surface area contributed by atoms with E-state index in [0.717, 1.165) is 193 Å². The highest BCUT2D eigenvalue weighted by Gasteiger charge is 2.53. The minimum absolute atomic E-state index is 0.110. The molecule has 0 aliphatic carbocycles. The molecule has 1 saturated heterocycles. The molecule has 0 spiro atoms. The lowest BCUT2D eigenvalue weighted by Crippen LogP contribution is -2.66. The maximum absolute atomic E-state index is 15.0. The number of ether oxygens (including phenoxy) is 6. The van der Waals surface area contributed by atoms with Crippen molar-refractivity contribution in [2.24, 2.45) is 0 Å². The normalized spacial score (nSPS) is 17.1. The standard InChI is InChI=1S/C102H193N2O21P/c1-7-13-19-25-31-37-40-42-43-45-48-54-60-65-71-77-94(111)121-86(74-68-62-56-50-35-29-23-17-11-5)80-92(109)104-97-101(124-96(113)81-87(75-69-63-57-51-36-30-24-18-12-6)122-95(112)78-72-66-58-52-46-39-33-27-21-15-9-3)100(125-126(116,117)118)90(83-106)123-102(97)119-84-89(107)99(115)98(114)88(82-105)103-91(108)79-85(73-67-61-55-49-34-28-22-16-10-4)120-93(110)76-70-64-59-53-47-44-41-38-32-26-20-14-8-2/h82,85-90,97-102,106-107,114-115H,7-81,83-84H2,1-6H3,(H,103,108)(H,104,109)(H2,116,117,118)/t85-,86-,87-,88+,89-,90-,97-,98-,99-,100-,101-,102-/m1/s1. The van der Waals surface area contributed by atoms with Crippen LogP contribution in [0.4, 0.5) is 0 Å². The Hall–Kier alpha value is -3.64. The zero-order chi connectivity index (χ0) is 92.4. The molecule has 0 saturated carbocycles. The van der Waals surface area contributed by atoms with Gasteiger partial charge in [-0.3, -0.25) is 33.3 Å². The first kappa shape index (κ1) is 120. The largest absolute Gasteiger partial charge is 0.470 e. The van der Waals surface area contributed by atoms with E-state index in [2.05, 4.69) is 52.2 Å². The number of carbonyl (C=O) groups is 7. The number of phosphoric acid groups is 1. The molecule has 0 aromatic rings. The van der Waals surface area contributed by atoms with Crippen molar-refractivity contribution >= 4 is 49.8 Å². The number of aliphatic hydroxyl groups is 4. The summed E-state index contributed by atoms with van der Waals surface area (Å²) < 4.78 is 55.2. The van der Waals surface area contributed by atoms with Gasteiger partial charge in [0.25, 0.3) is 0 Å². The summed E-state index contributed by atoms with van der Waals surface area (Å²) in [5.41, 5.74) is 0. The Labute approximate surface area is 767 Å². The van der Waals surface area contributed by atoms with E-state index in [4.69, 9.17) is 32.9 Å². The summed E-state index contributed by atoms with van der Waals surface area (Å²) in [6.45, 7) is 11.2. The summed E-state index contributed by atoms with van der Waals surface area (Å²) in [5, 5.41) is 51.4. The van der Waals surface area contributed by atoms with Crippen molar-refractivity contribution in [3.8, 4) is 0 Å². The van der Waals surface area contributed by atoms with E-state index >= 15 is 4.79 Å². The summed E-state index contributed by atoms with van der Waals surface area (Å²) in [6, 6.07) is -3.66. The van der Waals surface area contributed by atoms with Crippen molar-refractivity contribution in [1.29, 1.82) is 0 Å². The first-order valence-corrected chi connectivity index (χ1v) is 54.2. The van der Waals surface area contributed by atoms with Crippen molar-refractivity contribution in [1.82, 2.24) is 10.6 Å². The van der Waals surface area contributed by atoms with Crippen molar-refractivity contribution in [3.63, 3.8) is 0 Å². The molecule has 12 atom stereocenters. The van der Waals surface area contributed by atoms with Crippen LogP contribution in [0.2, 0.25) is 0 Å². The minimum Gasteiger partial charge on any atom is -0.462 e. The average Bonchev–Trinajstić information content (AvgIpc) is 0.778. The Kier molecular flexibility index (Phi) is 81.7. The van der Waals surface area contributed by atoms with Crippen LogP contribution in [0.25, 0.3) is 0 Å². The number of hydrogen-bond donors (Lipinski definition) is 8. The summed E-state index contributed by atoms with van der Waals surface area (Å²) >= 11 is 0. The zero-order valence-corrected chi connectivity index (χ0v) is 82.1. The highest BCUT2D eigenvalue weighted by Crippen LogP contribution is 2.43. The van der Waals surface area contributed by atoms with Gasteiger partial charge in [-0.15, -0.1) is 0 Å². The number of phosphoric ester groups is 1. The third-order valence-corrected chi connectivity index (χ3v) is 25.7. The van der Waals surface area contributed by atoms with Crippen LogP contribution in [0.5, 0.6) is 0 Å². The van der Waals surface area contributed by atoms with Crippen LogP contribution >= 0.6 is 7.82 Å². The number of aliphatic hydroxyl groups excluding tert-OH is 4. The van der Waals surface area contributed by atoms with Gasteiger partial charge < -0.3 is 74.1 Å². The number of carbonyl (C=O) groups excluding carboxylic acids is 7. The lowest BCUT2D eigenvalue weighted by atomic mass is 9.95. The van der Waals surface area contributed by atoms with Gasteiger partial charge in [-0.1, -0.05) is 427 Å². The predicted octanol–water partition coefficient (Wildman–Crippen LogP) is 24.5. The van der Waals surface area contributed by atoms with E-state index < -0.39 is 143 Å². The number of nitrogens with one attached hydrogen (secondary N) is 2. The van der Waals surface area contributed by atoms with Crippen LogP contribution in [0.3, 0.4) is 0 Å². The molecule has 0 radical (unpaired) electrons. The lowest BCUT2D eigenvalue weighted by molar-refractivity contribution is -0.278. The molecule has 23 nitrogen and oxygen atoms in total. The first-order chi connectivity index (χ1) is 61.2. The Balaban J connectivity index is 3.75. The molecule has 126 heavy (non-hydrogen) atoms. The molecule has 1 aliphatic rings. The molecular weight excluding hydrogens is 1620 g/mol. The fourth-order valence-corrected chi connectivity index (χ4v) is 17.8. The molecule has 8 N–H and O–H groups in total. The summed E-state index contributed by atoms with van der Waals surface area (Å²) in [6.07, 6.45) is 54.5. The van der Waals surface area contributed by atoms with Gasteiger partial charge in [0.05, 0.1) is 32.5 Å². The van der Waals surface area contributed by atoms with E-state index in [1.807, 2.05) is 0 Å². The van der Waals surface area contributed by atoms with Crippen LogP contribution in [0.15, 0.2) is 0 Å². The van der Waals surface area contributed by atoms with Crippen molar-refractivity contribution in [2.45, 2.75) is 596 Å². The van der Waals surface area contributed by atoms with Gasteiger partial charge in [0.2, 0.25) is 11.8 Å². The lowest BCUT2D eigenvalue weighted by Gasteiger charge is -2.45. The number of aldehydes is 1. The second kappa shape index (κ2) is 85.5. The van der Waals surface area contributed by atoms with Gasteiger partial charge in [0, 0.05) is 19.3 Å². The van der Waals surface area contributed by atoms with Crippen LogP contribution in [0.1, 0.15) is 523 Å². The van der Waals surface area contributed by atoms with Crippen LogP contribution in [0, 0.1) is 0 Å². The molecule has 0 bridgehead atoms.